The molecule has 0 saturated carbocycles. The molecule has 0 aromatic heterocycles. The summed E-state index contributed by atoms with van der Waals surface area (Å²) in [6, 6.07) is 7.65. The summed E-state index contributed by atoms with van der Waals surface area (Å²) in [5.74, 6) is 0.578. The van der Waals surface area contributed by atoms with Gasteiger partial charge in [0.2, 0.25) is 0 Å². The molecule has 1 aliphatic heterocycles. The van der Waals surface area contributed by atoms with Crippen LogP contribution in [0.5, 0.6) is 5.75 Å². The van der Waals surface area contributed by atoms with Crippen LogP contribution in [0.25, 0.3) is 5.57 Å². The Morgan fingerprint density at radius 1 is 1.33 bits per heavy atom. The van der Waals surface area contributed by atoms with Gasteiger partial charge in [-0.25, -0.2) is 4.99 Å². The summed E-state index contributed by atoms with van der Waals surface area (Å²) in [7, 11) is 1.62. The lowest BCUT2D eigenvalue weighted by atomic mass is 10.0. The lowest BCUT2D eigenvalue weighted by molar-refractivity contribution is -0.113. The second kappa shape index (κ2) is 4.09. The summed E-state index contributed by atoms with van der Waals surface area (Å²) in [6.45, 7) is 0. The van der Waals surface area contributed by atoms with Crippen molar-refractivity contribution in [3.05, 3.63) is 35.9 Å². The summed E-state index contributed by atoms with van der Waals surface area (Å²) < 4.78 is 5.24. The Labute approximate surface area is 88.1 Å². The molecule has 0 atom stereocenters. The summed E-state index contributed by atoms with van der Waals surface area (Å²) in [6.07, 6.45) is 3.86. The SMILES string of the molecule is COc1ccccc1C1=CC(=O)N=CC1. The number of dihydropyridines is 1. The Morgan fingerprint density at radius 2 is 2.13 bits per heavy atom. The zero-order valence-electron chi connectivity index (χ0n) is 8.43. The van der Waals surface area contributed by atoms with Gasteiger partial charge in [0.1, 0.15) is 5.75 Å². The molecule has 0 fully saturated rings. The number of para-hydroxylation sites is 1. The Bertz CT molecular complexity index is 447. The van der Waals surface area contributed by atoms with E-state index in [0.717, 1.165) is 16.9 Å². The third-order valence-corrected chi connectivity index (χ3v) is 2.28. The number of benzene rings is 1. The van der Waals surface area contributed by atoms with Crippen molar-refractivity contribution >= 4 is 17.7 Å². The van der Waals surface area contributed by atoms with E-state index in [9.17, 15) is 4.79 Å². The average Bonchev–Trinajstić information content (AvgIpc) is 2.29. The smallest absolute Gasteiger partial charge is 0.269 e. The largest absolute Gasteiger partial charge is 0.496 e. The zero-order valence-corrected chi connectivity index (χ0v) is 8.43. The number of aliphatic imine (C=N–C) groups is 1. The number of hydrogen-bond acceptors (Lipinski definition) is 2. The molecule has 0 spiro atoms. The van der Waals surface area contributed by atoms with Gasteiger partial charge in [0.25, 0.3) is 5.91 Å². The molecule has 76 valence electrons. The number of carbonyl (C=O) groups is 1. The van der Waals surface area contributed by atoms with Crippen molar-refractivity contribution < 1.29 is 9.53 Å². The molecule has 1 amide bonds. The summed E-state index contributed by atoms with van der Waals surface area (Å²) in [5, 5.41) is 0. The Hall–Kier alpha value is -1.90. The van der Waals surface area contributed by atoms with Gasteiger partial charge in [-0.1, -0.05) is 18.2 Å². The number of methoxy groups -OCH3 is 1. The quantitative estimate of drug-likeness (QED) is 0.734. The van der Waals surface area contributed by atoms with Crippen LogP contribution < -0.4 is 4.74 Å². The summed E-state index contributed by atoms with van der Waals surface area (Å²) in [5.41, 5.74) is 1.91. The molecule has 3 heteroatoms. The van der Waals surface area contributed by atoms with Crippen molar-refractivity contribution in [2.24, 2.45) is 4.99 Å². The van der Waals surface area contributed by atoms with Gasteiger partial charge >= 0.3 is 0 Å². The van der Waals surface area contributed by atoms with Gasteiger partial charge in [-0.05, 0) is 11.6 Å². The maximum Gasteiger partial charge on any atom is 0.269 e. The summed E-state index contributed by atoms with van der Waals surface area (Å²) in [4.78, 5) is 14.8. The van der Waals surface area contributed by atoms with Crippen LogP contribution in [-0.4, -0.2) is 19.2 Å². The van der Waals surface area contributed by atoms with Crippen LogP contribution in [-0.2, 0) is 4.79 Å². The van der Waals surface area contributed by atoms with Crippen LogP contribution in [0.15, 0.2) is 35.3 Å². The van der Waals surface area contributed by atoms with E-state index in [1.165, 1.54) is 0 Å². The molecule has 0 aliphatic carbocycles. The highest BCUT2D eigenvalue weighted by atomic mass is 16.5. The highest BCUT2D eigenvalue weighted by Gasteiger charge is 2.11. The van der Waals surface area contributed by atoms with Crippen LogP contribution >= 0.6 is 0 Å². The third-order valence-electron chi connectivity index (χ3n) is 2.28. The van der Waals surface area contributed by atoms with Gasteiger partial charge in [0.15, 0.2) is 0 Å². The molecule has 15 heavy (non-hydrogen) atoms. The standard InChI is InChI=1S/C12H11NO2/c1-15-11-5-3-2-4-10(11)9-6-7-13-12(14)8-9/h2-5,7-8H,6H2,1H3. The Kier molecular flexibility index (Phi) is 2.63. The van der Waals surface area contributed by atoms with Crippen LogP contribution in [0.1, 0.15) is 12.0 Å². The molecule has 3 nitrogen and oxygen atoms in total. The van der Waals surface area contributed by atoms with Gasteiger partial charge in [0.05, 0.1) is 7.11 Å². The Morgan fingerprint density at radius 3 is 2.87 bits per heavy atom. The average molecular weight is 201 g/mol. The molecule has 0 radical (unpaired) electrons. The van der Waals surface area contributed by atoms with Gasteiger partial charge in [-0.15, -0.1) is 0 Å². The monoisotopic (exact) mass is 201 g/mol. The number of hydrogen-bond donors (Lipinski definition) is 0. The highest BCUT2D eigenvalue weighted by Crippen LogP contribution is 2.28. The fraction of sp³-hybridized carbons (Fsp3) is 0.167. The van der Waals surface area contributed by atoms with E-state index in [0.29, 0.717) is 6.42 Å². The van der Waals surface area contributed by atoms with Crippen molar-refractivity contribution in [2.45, 2.75) is 6.42 Å². The zero-order chi connectivity index (χ0) is 10.7. The number of amides is 1. The molecule has 1 aromatic rings. The molecule has 0 unspecified atom stereocenters. The highest BCUT2D eigenvalue weighted by molar-refractivity contribution is 6.05. The third kappa shape index (κ3) is 1.96. The summed E-state index contributed by atoms with van der Waals surface area (Å²) >= 11 is 0. The van der Waals surface area contributed by atoms with Crippen molar-refractivity contribution in [1.29, 1.82) is 0 Å². The van der Waals surface area contributed by atoms with Crippen LogP contribution in [0.3, 0.4) is 0 Å². The topological polar surface area (TPSA) is 38.7 Å². The second-order valence-electron chi connectivity index (χ2n) is 3.22. The van der Waals surface area contributed by atoms with E-state index in [1.807, 2.05) is 24.3 Å². The lowest BCUT2D eigenvalue weighted by Crippen LogP contribution is -2.00. The van der Waals surface area contributed by atoms with Crippen molar-refractivity contribution in [1.82, 2.24) is 0 Å². The molecule has 0 bridgehead atoms. The van der Waals surface area contributed by atoms with Gasteiger partial charge in [0, 0.05) is 24.3 Å². The number of ether oxygens (including phenoxy) is 1. The van der Waals surface area contributed by atoms with E-state index in [2.05, 4.69) is 4.99 Å². The minimum atomic E-state index is -0.206. The minimum Gasteiger partial charge on any atom is -0.496 e. The molecule has 1 aliphatic rings. The number of nitrogens with zero attached hydrogens (tertiary/aromatic N) is 1. The fourth-order valence-electron chi connectivity index (χ4n) is 1.58. The predicted octanol–water partition coefficient (Wildman–Crippen LogP) is 2.08. The first-order valence-electron chi connectivity index (χ1n) is 4.71. The Balaban J connectivity index is 2.41. The van der Waals surface area contributed by atoms with Gasteiger partial charge < -0.3 is 4.74 Å². The van der Waals surface area contributed by atoms with Crippen molar-refractivity contribution in [2.75, 3.05) is 7.11 Å². The molecule has 1 aromatic carbocycles. The van der Waals surface area contributed by atoms with E-state index in [-0.39, 0.29) is 5.91 Å². The molecule has 0 N–H and O–H groups in total. The predicted molar refractivity (Wildman–Crippen MR) is 59.1 cm³/mol. The van der Waals surface area contributed by atoms with Gasteiger partial charge in [-0.2, -0.15) is 0 Å². The van der Waals surface area contributed by atoms with E-state index >= 15 is 0 Å². The van der Waals surface area contributed by atoms with Crippen LogP contribution in [0, 0.1) is 0 Å². The first-order valence-corrected chi connectivity index (χ1v) is 4.71. The first kappa shape index (κ1) is 9.65. The molecule has 2 rings (SSSR count). The first-order chi connectivity index (χ1) is 7.31. The van der Waals surface area contributed by atoms with E-state index in [4.69, 9.17) is 4.74 Å². The molecule has 0 saturated heterocycles. The van der Waals surface area contributed by atoms with Gasteiger partial charge in [-0.3, -0.25) is 4.79 Å². The maximum absolute atomic E-state index is 11.1. The van der Waals surface area contributed by atoms with Crippen molar-refractivity contribution in [3.63, 3.8) is 0 Å². The van der Waals surface area contributed by atoms with E-state index in [1.54, 1.807) is 19.4 Å². The number of rotatable bonds is 2. The fourth-order valence-corrected chi connectivity index (χ4v) is 1.58. The van der Waals surface area contributed by atoms with Crippen LogP contribution in [0.2, 0.25) is 0 Å². The number of allylic oxidation sites excluding steroid dienone is 1. The van der Waals surface area contributed by atoms with Crippen LogP contribution in [0.4, 0.5) is 0 Å². The normalized spacial score (nSPS) is 15.0. The lowest BCUT2D eigenvalue weighted by Gasteiger charge is -2.11. The maximum atomic E-state index is 11.1. The second-order valence-corrected chi connectivity index (χ2v) is 3.22. The van der Waals surface area contributed by atoms with E-state index < -0.39 is 0 Å². The molecule has 1 heterocycles. The minimum absolute atomic E-state index is 0.206. The molecular formula is C12H11NO2. The molecular weight excluding hydrogens is 190 g/mol. The number of carbonyl (C=O) groups excluding carboxylic acids is 1. The van der Waals surface area contributed by atoms with Crippen molar-refractivity contribution in [3.8, 4) is 5.75 Å².